The van der Waals surface area contributed by atoms with Crippen molar-refractivity contribution in [3.8, 4) is 17.2 Å². The summed E-state index contributed by atoms with van der Waals surface area (Å²) in [5.74, 6) is 2.19. The topological polar surface area (TPSA) is 27.7 Å². The summed E-state index contributed by atoms with van der Waals surface area (Å²) in [7, 11) is 0. The van der Waals surface area contributed by atoms with Crippen molar-refractivity contribution in [3.05, 3.63) is 37.5 Å². The molecule has 0 atom stereocenters. The average Bonchev–Trinajstić information content (AvgIpc) is 2.61. The molecule has 13 heavy (non-hydrogen) atoms. The Morgan fingerprint density at radius 3 is 3.00 bits per heavy atom. The highest BCUT2D eigenvalue weighted by atomic mass is 16.7. The largest absolute Gasteiger partial charge is 0.482 e. The van der Waals surface area contributed by atoms with E-state index in [1.165, 1.54) is 6.61 Å². The third-order valence-electron chi connectivity index (χ3n) is 1.64. The molecule has 0 spiro atoms. The van der Waals surface area contributed by atoms with Crippen LogP contribution in [0.1, 0.15) is 0 Å². The number of benzene rings is 1. The van der Waals surface area contributed by atoms with Gasteiger partial charge in [0.15, 0.2) is 18.1 Å². The molecule has 0 fully saturated rings. The van der Waals surface area contributed by atoms with E-state index in [4.69, 9.17) is 14.2 Å². The minimum atomic E-state index is 0.282. The lowest BCUT2D eigenvalue weighted by atomic mass is 10.3. The van der Waals surface area contributed by atoms with E-state index in [2.05, 4.69) is 6.58 Å². The van der Waals surface area contributed by atoms with Crippen molar-refractivity contribution in [2.24, 2.45) is 0 Å². The summed E-state index contributed by atoms with van der Waals surface area (Å²) >= 11 is 0. The van der Waals surface area contributed by atoms with Crippen LogP contribution in [-0.4, -0.2) is 6.79 Å². The van der Waals surface area contributed by atoms with E-state index in [0.717, 1.165) is 11.5 Å². The van der Waals surface area contributed by atoms with Gasteiger partial charge in [-0.15, -0.1) is 0 Å². The Morgan fingerprint density at radius 1 is 1.31 bits per heavy atom. The fourth-order valence-corrected chi connectivity index (χ4v) is 1.08. The number of hydrogen-bond donors (Lipinski definition) is 0. The molecule has 0 amide bonds. The van der Waals surface area contributed by atoms with Crippen molar-refractivity contribution < 1.29 is 14.2 Å². The van der Waals surface area contributed by atoms with Gasteiger partial charge in [-0.3, -0.25) is 0 Å². The summed E-state index contributed by atoms with van der Waals surface area (Å²) in [6.07, 6.45) is 1.57. The molecule has 1 aliphatic heterocycles. The molecule has 67 valence electrons. The van der Waals surface area contributed by atoms with Gasteiger partial charge in [-0.25, -0.2) is 0 Å². The molecule has 1 aliphatic rings. The SMILES string of the molecule is C=C[CH]Oc1ccc2c(c1)OCO2. The lowest BCUT2D eigenvalue weighted by molar-refractivity contribution is 0.174. The molecule has 1 aromatic rings. The standard InChI is InChI=1S/C10H9O3/c1-2-5-11-8-3-4-9-10(6-8)13-7-12-9/h2-6H,1,7H2. The quantitative estimate of drug-likeness (QED) is 0.707. The molecule has 3 nitrogen and oxygen atoms in total. The minimum Gasteiger partial charge on any atom is -0.482 e. The Morgan fingerprint density at radius 2 is 2.15 bits per heavy atom. The normalized spacial score (nSPS) is 12.6. The maximum absolute atomic E-state index is 5.20. The van der Waals surface area contributed by atoms with Crippen molar-refractivity contribution in [2.45, 2.75) is 0 Å². The Balaban J connectivity index is 2.16. The van der Waals surface area contributed by atoms with Crippen LogP contribution < -0.4 is 14.2 Å². The number of fused-ring (bicyclic) bond motifs is 1. The predicted octanol–water partition coefficient (Wildman–Crippen LogP) is 2.14. The van der Waals surface area contributed by atoms with Crippen LogP contribution in [0.5, 0.6) is 17.2 Å². The summed E-state index contributed by atoms with van der Waals surface area (Å²) in [4.78, 5) is 0. The molecular formula is C10H9O3. The lowest BCUT2D eigenvalue weighted by Crippen LogP contribution is -1.92. The van der Waals surface area contributed by atoms with E-state index in [1.807, 2.05) is 12.1 Å². The second kappa shape index (κ2) is 3.39. The third kappa shape index (κ3) is 1.59. The van der Waals surface area contributed by atoms with Crippen LogP contribution in [0.4, 0.5) is 0 Å². The Labute approximate surface area is 76.5 Å². The van der Waals surface area contributed by atoms with Crippen LogP contribution in [0, 0.1) is 6.61 Å². The first-order valence-corrected chi connectivity index (χ1v) is 3.91. The summed E-state index contributed by atoms with van der Waals surface area (Å²) in [6.45, 7) is 5.30. The van der Waals surface area contributed by atoms with E-state index in [1.54, 1.807) is 12.1 Å². The average molecular weight is 177 g/mol. The van der Waals surface area contributed by atoms with E-state index in [-0.39, 0.29) is 6.79 Å². The van der Waals surface area contributed by atoms with Crippen molar-refractivity contribution >= 4 is 0 Å². The molecule has 0 aromatic heterocycles. The molecule has 0 N–H and O–H groups in total. The van der Waals surface area contributed by atoms with Gasteiger partial charge in [-0.2, -0.15) is 0 Å². The number of hydrogen-bond acceptors (Lipinski definition) is 3. The Bertz CT molecular complexity index is 320. The molecule has 1 heterocycles. The maximum Gasteiger partial charge on any atom is 0.231 e. The molecule has 0 saturated carbocycles. The van der Waals surface area contributed by atoms with Gasteiger partial charge < -0.3 is 14.2 Å². The smallest absolute Gasteiger partial charge is 0.231 e. The highest BCUT2D eigenvalue weighted by molar-refractivity contribution is 5.47. The summed E-state index contributed by atoms with van der Waals surface area (Å²) in [5, 5.41) is 0. The van der Waals surface area contributed by atoms with E-state index < -0.39 is 0 Å². The molecule has 1 radical (unpaired) electrons. The molecule has 3 heteroatoms. The molecule has 2 rings (SSSR count). The monoisotopic (exact) mass is 177 g/mol. The van der Waals surface area contributed by atoms with Crippen LogP contribution >= 0.6 is 0 Å². The molecule has 0 aliphatic carbocycles. The predicted molar refractivity (Wildman–Crippen MR) is 47.7 cm³/mol. The van der Waals surface area contributed by atoms with Crippen LogP contribution in [0.15, 0.2) is 30.9 Å². The maximum atomic E-state index is 5.20. The van der Waals surface area contributed by atoms with Crippen molar-refractivity contribution in [1.82, 2.24) is 0 Å². The second-order valence-electron chi connectivity index (χ2n) is 2.50. The highest BCUT2D eigenvalue weighted by Crippen LogP contribution is 2.35. The molecule has 0 bridgehead atoms. The number of rotatable bonds is 3. The van der Waals surface area contributed by atoms with Crippen LogP contribution in [-0.2, 0) is 0 Å². The first-order valence-electron chi connectivity index (χ1n) is 3.91. The highest BCUT2D eigenvalue weighted by Gasteiger charge is 2.13. The van der Waals surface area contributed by atoms with Gasteiger partial charge in [-0.1, -0.05) is 6.58 Å². The van der Waals surface area contributed by atoms with Crippen LogP contribution in [0.3, 0.4) is 0 Å². The van der Waals surface area contributed by atoms with E-state index >= 15 is 0 Å². The van der Waals surface area contributed by atoms with Gasteiger partial charge in [0.25, 0.3) is 0 Å². The van der Waals surface area contributed by atoms with Gasteiger partial charge in [-0.05, 0) is 18.2 Å². The second-order valence-corrected chi connectivity index (χ2v) is 2.50. The van der Waals surface area contributed by atoms with Gasteiger partial charge in [0, 0.05) is 6.07 Å². The lowest BCUT2D eigenvalue weighted by Gasteiger charge is -2.02. The summed E-state index contributed by atoms with van der Waals surface area (Å²) in [6, 6.07) is 5.41. The molecule has 0 saturated heterocycles. The number of ether oxygens (including phenoxy) is 3. The molecular weight excluding hydrogens is 168 g/mol. The van der Waals surface area contributed by atoms with Gasteiger partial charge >= 0.3 is 0 Å². The van der Waals surface area contributed by atoms with Crippen LogP contribution in [0.25, 0.3) is 0 Å². The zero-order valence-corrected chi connectivity index (χ0v) is 7.03. The fraction of sp³-hybridized carbons (Fsp3) is 0.100. The van der Waals surface area contributed by atoms with Crippen molar-refractivity contribution in [1.29, 1.82) is 0 Å². The minimum absolute atomic E-state index is 0.282. The van der Waals surface area contributed by atoms with Crippen molar-refractivity contribution in [2.75, 3.05) is 6.79 Å². The van der Waals surface area contributed by atoms with E-state index in [0.29, 0.717) is 5.75 Å². The first-order chi connectivity index (χ1) is 6.40. The van der Waals surface area contributed by atoms with Gasteiger partial charge in [0.2, 0.25) is 6.79 Å². The van der Waals surface area contributed by atoms with E-state index in [9.17, 15) is 0 Å². The zero-order valence-electron chi connectivity index (χ0n) is 7.03. The molecule has 1 aromatic carbocycles. The Kier molecular flexibility index (Phi) is 2.08. The third-order valence-corrected chi connectivity index (χ3v) is 1.64. The molecule has 0 unspecified atom stereocenters. The van der Waals surface area contributed by atoms with Crippen LogP contribution in [0.2, 0.25) is 0 Å². The summed E-state index contributed by atoms with van der Waals surface area (Å²) in [5.41, 5.74) is 0. The Hall–Kier alpha value is -1.64. The summed E-state index contributed by atoms with van der Waals surface area (Å²) < 4.78 is 15.5. The van der Waals surface area contributed by atoms with Gasteiger partial charge in [0.1, 0.15) is 5.75 Å². The van der Waals surface area contributed by atoms with Gasteiger partial charge in [0.05, 0.1) is 0 Å². The fourth-order valence-electron chi connectivity index (χ4n) is 1.08. The first kappa shape index (κ1) is 7.98. The zero-order chi connectivity index (χ0) is 9.10. The van der Waals surface area contributed by atoms with Crippen molar-refractivity contribution in [3.63, 3.8) is 0 Å².